The predicted molar refractivity (Wildman–Crippen MR) is 78.1 cm³/mol. The van der Waals surface area contributed by atoms with Crippen molar-refractivity contribution in [2.45, 2.75) is 26.3 Å². The van der Waals surface area contributed by atoms with Crippen molar-refractivity contribution in [3.8, 4) is 11.5 Å². The van der Waals surface area contributed by atoms with E-state index < -0.39 is 5.91 Å². The quantitative estimate of drug-likeness (QED) is 0.670. The zero-order valence-corrected chi connectivity index (χ0v) is 12.7. The SMILES string of the molecule is CCCC[NH2+]Cc1cc(Cl)c(OCC(N)=O)c(OC)c1. The van der Waals surface area contributed by atoms with Crippen LogP contribution in [0.25, 0.3) is 0 Å². The van der Waals surface area contributed by atoms with Gasteiger partial charge < -0.3 is 20.5 Å². The van der Waals surface area contributed by atoms with E-state index in [4.69, 9.17) is 26.8 Å². The van der Waals surface area contributed by atoms with Gasteiger partial charge in [-0.05, 0) is 18.6 Å². The number of quaternary nitrogens is 1. The number of benzene rings is 1. The highest BCUT2D eigenvalue weighted by Crippen LogP contribution is 2.36. The number of nitrogens with two attached hydrogens (primary N) is 2. The normalized spacial score (nSPS) is 10.3. The van der Waals surface area contributed by atoms with Gasteiger partial charge in [-0.3, -0.25) is 4.79 Å². The molecule has 0 aliphatic rings. The Labute approximate surface area is 124 Å². The van der Waals surface area contributed by atoms with Gasteiger partial charge in [0.2, 0.25) is 0 Å². The third kappa shape index (κ3) is 5.27. The molecule has 0 fully saturated rings. The molecule has 0 bridgehead atoms. The van der Waals surface area contributed by atoms with Crippen molar-refractivity contribution in [1.29, 1.82) is 0 Å². The maximum atomic E-state index is 10.8. The smallest absolute Gasteiger partial charge is 0.255 e. The van der Waals surface area contributed by atoms with E-state index in [1.165, 1.54) is 20.0 Å². The summed E-state index contributed by atoms with van der Waals surface area (Å²) in [6, 6.07) is 3.69. The Balaban J connectivity index is 2.75. The summed E-state index contributed by atoms with van der Waals surface area (Å²) < 4.78 is 10.5. The monoisotopic (exact) mass is 301 g/mol. The van der Waals surface area contributed by atoms with Gasteiger partial charge in [0.25, 0.3) is 5.91 Å². The number of carbonyl (C=O) groups is 1. The van der Waals surface area contributed by atoms with Crippen LogP contribution in [-0.4, -0.2) is 26.2 Å². The second kappa shape index (κ2) is 8.66. The zero-order chi connectivity index (χ0) is 15.0. The Morgan fingerprint density at radius 1 is 1.45 bits per heavy atom. The third-order valence-electron chi connectivity index (χ3n) is 2.79. The first kappa shape index (κ1) is 16.6. The van der Waals surface area contributed by atoms with Gasteiger partial charge in [-0.1, -0.05) is 24.9 Å². The Hall–Kier alpha value is -1.46. The number of halogens is 1. The standard InChI is InChI=1S/C14H21ClN2O3/c1-3-4-5-17-8-10-6-11(15)14(12(7-10)19-2)20-9-13(16)18/h6-7,17H,3-5,8-9H2,1-2H3,(H2,16,18)/p+1. The van der Waals surface area contributed by atoms with Crippen molar-refractivity contribution in [1.82, 2.24) is 0 Å². The molecule has 0 aromatic heterocycles. The number of hydrogen-bond acceptors (Lipinski definition) is 3. The first-order valence-corrected chi connectivity index (χ1v) is 7.05. The molecule has 0 spiro atoms. The fraction of sp³-hybridized carbons (Fsp3) is 0.500. The molecule has 0 aliphatic heterocycles. The molecule has 20 heavy (non-hydrogen) atoms. The minimum Gasteiger partial charge on any atom is -0.493 e. The lowest BCUT2D eigenvalue weighted by Gasteiger charge is -2.13. The summed E-state index contributed by atoms with van der Waals surface area (Å²) in [5.74, 6) is 0.308. The molecule has 0 atom stereocenters. The number of ether oxygens (including phenoxy) is 2. The summed E-state index contributed by atoms with van der Waals surface area (Å²) >= 11 is 6.17. The number of primary amides is 1. The largest absolute Gasteiger partial charge is 0.493 e. The fourth-order valence-corrected chi connectivity index (χ4v) is 2.08. The molecule has 0 saturated carbocycles. The van der Waals surface area contributed by atoms with Crippen LogP contribution in [0.2, 0.25) is 5.02 Å². The van der Waals surface area contributed by atoms with Gasteiger partial charge in [0.05, 0.1) is 18.7 Å². The lowest BCUT2D eigenvalue weighted by Crippen LogP contribution is -2.82. The summed E-state index contributed by atoms with van der Waals surface area (Å²) in [5, 5.41) is 2.64. The molecule has 1 amide bonds. The van der Waals surface area contributed by atoms with Crippen molar-refractivity contribution in [2.75, 3.05) is 20.3 Å². The van der Waals surface area contributed by atoms with E-state index in [1.54, 1.807) is 0 Å². The van der Waals surface area contributed by atoms with Crippen LogP contribution in [0.1, 0.15) is 25.3 Å². The Morgan fingerprint density at radius 3 is 2.80 bits per heavy atom. The molecule has 0 radical (unpaired) electrons. The van der Waals surface area contributed by atoms with Gasteiger partial charge >= 0.3 is 0 Å². The maximum Gasteiger partial charge on any atom is 0.255 e. The minimum absolute atomic E-state index is 0.224. The number of carbonyl (C=O) groups excluding carboxylic acids is 1. The number of unbranched alkanes of at least 4 members (excludes halogenated alkanes) is 1. The zero-order valence-electron chi connectivity index (χ0n) is 11.9. The summed E-state index contributed by atoms with van der Waals surface area (Å²) in [4.78, 5) is 10.8. The van der Waals surface area contributed by atoms with E-state index in [9.17, 15) is 4.79 Å². The number of rotatable bonds is 9. The number of amides is 1. The lowest BCUT2D eigenvalue weighted by molar-refractivity contribution is -0.670. The van der Waals surface area contributed by atoms with Crippen molar-refractivity contribution in [2.24, 2.45) is 5.73 Å². The highest BCUT2D eigenvalue weighted by Gasteiger charge is 2.13. The molecular weight excluding hydrogens is 280 g/mol. The van der Waals surface area contributed by atoms with E-state index >= 15 is 0 Å². The van der Waals surface area contributed by atoms with Crippen LogP contribution < -0.4 is 20.5 Å². The van der Waals surface area contributed by atoms with E-state index in [-0.39, 0.29) is 6.61 Å². The van der Waals surface area contributed by atoms with Crippen LogP contribution in [-0.2, 0) is 11.3 Å². The summed E-state index contributed by atoms with van der Waals surface area (Å²) in [5.41, 5.74) is 6.10. The van der Waals surface area contributed by atoms with Crippen LogP contribution in [0, 0.1) is 0 Å². The van der Waals surface area contributed by atoms with Crippen molar-refractivity contribution >= 4 is 17.5 Å². The van der Waals surface area contributed by atoms with E-state index in [0.29, 0.717) is 16.5 Å². The molecular formula is C14H22ClN2O3+. The molecule has 5 nitrogen and oxygen atoms in total. The Bertz CT molecular complexity index is 452. The summed E-state index contributed by atoms with van der Waals surface area (Å²) in [6.07, 6.45) is 2.37. The fourth-order valence-electron chi connectivity index (χ4n) is 1.79. The maximum absolute atomic E-state index is 10.8. The molecule has 6 heteroatoms. The van der Waals surface area contributed by atoms with Gasteiger partial charge in [-0.25, -0.2) is 0 Å². The average Bonchev–Trinajstić information content (AvgIpc) is 2.41. The minimum atomic E-state index is -0.555. The Kier molecular flexibility index (Phi) is 7.18. The number of methoxy groups -OCH3 is 1. The molecule has 0 heterocycles. The molecule has 0 unspecified atom stereocenters. The topological polar surface area (TPSA) is 78.2 Å². The van der Waals surface area contributed by atoms with Crippen LogP contribution >= 0.6 is 11.6 Å². The van der Waals surface area contributed by atoms with Crippen molar-refractivity contribution < 1.29 is 19.6 Å². The third-order valence-corrected chi connectivity index (χ3v) is 3.07. The molecule has 1 aromatic rings. The first-order valence-electron chi connectivity index (χ1n) is 6.67. The van der Waals surface area contributed by atoms with Crippen LogP contribution in [0.5, 0.6) is 11.5 Å². The first-order chi connectivity index (χ1) is 9.58. The Morgan fingerprint density at radius 2 is 2.20 bits per heavy atom. The molecule has 1 aromatic carbocycles. The highest BCUT2D eigenvalue weighted by atomic mass is 35.5. The van der Waals surface area contributed by atoms with Gasteiger partial charge in [0.15, 0.2) is 18.1 Å². The molecule has 0 saturated heterocycles. The number of hydrogen-bond donors (Lipinski definition) is 2. The second-order valence-electron chi connectivity index (χ2n) is 4.50. The molecule has 112 valence electrons. The van der Waals surface area contributed by atoms with Gasteiger partial charge in [-0.2, -0.15) is 0 Å². The molecule has 0 aliphatic carbocycles. The highest BCUT2D eigenvalue weighted by molar-refractivity contribution is 6.32. The van der Waals surface area contributed by atoms with E-state index in [1.807, 2.05) is 12.1 Å². The summed E-state index contributed by atoms with van der Waals surface area (Å²) in [6.45, 7) is 3.85. The van der Waals surface area contributed by atoms with Crippen molar-refractivity contribution in [3.05, 3.63) is 22.7 Å². The molecule has 1 rings (SSSR count). The van der Waals surface area contributed by atoms with Crippen molar-refractivity contribution in [3.63, 3.8) is 0 Å². The van der Waals surface area contributed by atoms with Crippen LogP contribution in [0.3, 0.4) is 0 Å². The second-order valence-corrected chi connectivity index (χ2v) is 4.91. The average molecular weight is 302 g/mol. The predicted octanol–water partition coefficient (Wildman–Crippen LogP) is 1.08. The molecule has 4 N–H and O–H groups in total. The van der Waals surface area contributed by atoms with E-state index in [0.717, 1.165) is 18.7 Å². The summed E-state index contributed by atoms with van der Waals surface area (Å²) in [7, 11) is 1.54. The lowest BCUT2D eigenvalue weighted by atomic mass is 10.2. The van der Waals surface area contributed by atoms with Crippen LogP contribution in [0.15, 0.2) is 12.1 Å². The van der Waals surface area contributed by atoms with Gasteiger partial charge in [0.1, 0.15) is 6.54 Å². The van der Waals surface area contributed by atoms with E-state index in [2.05, 4.69) is 12.2 Å². The van der Waals surface area contributed by atoms with Crippen LogP contribution in [0.4, 0.5) is 0 Å². The van der Waals surface area contributed by atoms with Gasteiger partial charge in [-0.15, -0.1) is 0 Å². The van der Waals surface area contributed by atoms with Gasteiger partial charge in [0, 0.05) is 5.56 Å².